The Balaban J connectivity index is 1.39. The summed E-state index contributed by atoms with van der Waals surface area (Å²) in [5, 5.41) is 2.95. The van der Waals surface area contributed by atoms with E-state index in [4.69, 9.17) is 23.2 Å². The Kier molecular flexibility index (Phi) is 7.03. The molecule has 1 aromatic heterocycles. The van der Waals surface area contributed by atoms with Crippen molar-refractivity contribution < 1.29 is 18.8 Å². The number of nitrogens with one attached hydrogen (secondary N) is 1. The van der Waals surface area contributed by atoms with Gasteiger partial charge in [-0.15, -0.1) is 0 Å². The van der Waals surface area contributed by atoms with Crippen molar-refractivity contribution in [1.82, 2.24) is 4.57 Å². The summed E-state index contributed by atoms with van der Waals surface area (Å²) in [6.07, 6.45) is 0. The molecule has 2 unspecified atom stereocenters. The minimum absolute atomic E-state index is 0.270. The number of halogens is 3. The fourth-order valence-electron chi connectivity index (χ4n) is 5.04. The molecule has 3 aromatic carbocycles. The van der Waals surface area contributed by atoms with E-state index in [2.05, 4.69) is 5.32 Å². The van der Waals surface area contributed by atoms with E-state index in [1.165, 1.54) is 34.9 Å². The molecular formula is C28H18Cl2FN3O4S2. The fourth-order valence-corrected chi connectivity index (χ4v) is 8.11. The predicted molar refractivity (Wildman–Crippen MR) is 154 cm³/mol. The molecule has 12 heteroatoms. The van der Waals surface area contributed by atoms with Crippen LogP contribution in [0.15, 0.2) is 82.6 Å². The average molecular weight is 615 g/mol. The topological polar surface area (TPSA) is 88.5 Å². The highest BCUT2D eigenvalue weighted by molar-refractivity contribution is 8.00. The van der Waals surface area contributed by atoms with E-state index in [1.54, 1.807) is 12.1 Å². The Hall–Kier alpha value is -3.44. The van der Waals surface area contributed by atoms with Gasteiger partial charge in [0.1, 0.15) is 17.6 Å². The van der Waals surface area contributed by atoms with Crippen molar-refractivity contribution in [1.29, 1.82) is 0 Å². The van der Waals surface area contributed by atoms with Crippen LogP contribution in [0.2, 0.25) is 10.0 Å². The maximum Gasteiger partial charge on any atom is 0.308 e. The molecule has 6 rings (SSSR count). The second-order valence-electron chi connectivity index (χ2n) is 9.24. The molecular weight excluding hydrogens is 596 g/mol. The maximum absolute atomic E-state index is 13.8. The second kappa shape index (κ2) is 10.5. The number of nitrogens with zero attached hydrogens (tertiary/aromatic N) is 2. The van der Waals surface area contributed by atoms with Gasteiger partial charge in [-0.05, 0) is 48.0 Å². The monoisotopic (exact) mass is 613 g/mol. The van der Waals surface area contributed by atoms with Gasteiger partial charge in [0, 0.05) is 16.5 Å². The molecule has 0 saturated carbocycles. The van der Waals surface area contributed by atoms with Gasteiger partial charge in [-0.2, -0.15) is 0 Å². The SMILES string of the molecule is O=C(Cn1c2c(sc1=O)[C@H](c1ccccc1)C1C(=O)N(c3ccc(F)cc3)C(=O)C1S2)Nc1ccc(Cl)c(Cl)c1. The number of anilines is 2. The lowest BCUT2D eigenvalue weighted by Crippen LogP contribution is -2.33. The van der Waals surface area contributed by atoms with Crippen molar-refractivity contribution in [3.63, 3.8) is 0 Å². The molecule has 3 atom stereocenters. The van der Waals surface area contributed by atoms with Gasteiger partial charge < -0.3 is 5.32 Å². The van der Waals surface area contributed by atoms with E-state index in [0.717, 1.165) is 33.6 Å². The Morgan fingerprint density at radius 3 is 2.35 bits per heavy atom. The highest BCUT2D eigenvalue weighted by atomic mass is 35.5. The number of imide groups is 1. The number of benzene rings is 3. The molecule has 2 aliphatic rings. The van der Waals surface area contributed by atoms with Gasteiger partial charge in [-0.3, -0.25) is 23.7 Å². The molecule has 4 aromatic rings. The third-order valence-electron chi connectivity index (χ3n) is 6.80. The van der Waals surface area contributed by atoms with Crippen LogP contribution in [0.25, 0.3) is 0 Å². The zero-order valence-corrected chi connectivity index (χ0v) is 23.5. The molecule has 3 heterocycles. The lowest BCUT2D eigenvalue weighted by molar-refractivity contribution is -0.122. The summed E-state index contributed by atoms with van der Waals surface area (Å²) < 4.78 is 14.9. The van der Waals surface area contributed by atoms with E-state index in [9.17, 15) is 23.6 Å². The standard InChI is InChI=1S/C28H18Cl2FN3O4S2/c29-18-11-8-16(12-19(18)30)32-20(35)13-33-27-24(40-28(33)38)21(14-4-2-1-3-5-14)22-23(39-27)26(37)34(25(22)36)17-9-6-15(31)7-10-17/h1-12,21-23H,13H2,(H,32,35)/t21-,22?,23?/m1/s1. The van der Waals surface area contributed by atoms with Crippen molar-refractivity contribution in [3.8, 4) is 0 Å². The first-order valence-corrected chi connectivity index (χ1v) is 14.5. The molecule has 202 valence electrons. The number of thiazole rings is 1. The first kappa shape index (κ1) is 26.8. The number of amides is 3. The molecule has 40 heavy (non-hydrogen) atoms. The highest BCUT2D eigenvalue weighted by Crippen LogP contribution is 2.53. The number of fused-ring (bicyclic) bond motifs is 2. The van der Waals surface area contributed by atoms with Crippen molar-refractivity contribution in [2.45, 2.75) is 22.7 Å². The number of thioether (sulfide) groups is 1. The largest absolute Gasteiger partial charge is 0.324 e. The molecule has 1 N–H and O–H groups in total. The average Bonchev–Trinajstić information content (AvgIpc) is 3.38. The van der Waals surface area contributed by atoms with Crippen LogP contribution in [0, 0.1) is 11.7 Å². The second-order valence-corrected chi connectivity index (χ2v) is 12.2. The Morgan fingerprint density at radius 2 is 1.65 bits per heavy atom. The predicted octanol–water partition coefficient (Wildman–Crippen LogP) is 5.79. The first-order chi connectivity index (χ1) is 19.2. The summed E-state index contributed by atoms with van der Waals surface area (Å²) in [6, 6.07) is 19.0. The van der Waals surface area contributed by atoms with E-state index >= 15 is 0 Å². The zero-order valence-electron chi connectivity index (χ0n) is 20.3. The highest BCUT2D eigenvalue weighted by Gasteiger charge is 2.56. The van der Waals surface area contributed by atoms with Crippen LogP contribution in [0.3, 0.4) is 0 Å². The number of carbonyl (C=O) groups is 3. The van der Waals surface area contributed by atoms with Crippen LogP contribution < -0.4 is 15.1 Å². The summed E-state index contributed by atoms with van der Waals surface area (Å²) in [7, 11) is 0. The third-order valence-corrected chi connectivity index (χ3v) is 10.1. The molecule has 3 amide bonds. The van der Waals surface area contributed by atoms with Gasteiger partial charge >= 0.3 is 4.87 Å². The number of carbonyl (C=O) groups excluding carboxylic acids is 3. The Morgan fingerprint density at radius 1 is 0.925 bits per heavy atom. The van der Waals surface area contributed by atoms with Crippen molar-refractivity contribution in [3.05, 3.63) is 109 Å². The van der Waals surface area contributed by atoms with E-state index in [0.29, 0.717) is 20.6 Å². The maximum atomic E-state index is 13.8. The molecule has 0 radical (unpaired) electrons. The zero-order chi connectivity index (χ0) is 28.1. The molecule has 1 saturated heterocycles. The van der Waals surface area contributed by atoms with E-state index < -0.39 is 40.6 Å². The van der Waals surface area contributed by atoms with Crippen LogP contribution in [-0.2, 0) is 20.9 Å². The van der Waals surface area contributed by atoms with Crippen LogP contribution in [0.5, 0.6) is 0 Å². The van der Waals surface area contributed by atoms with Gasteiger partial charge in [0.15, 0.2) is 0 Å². The summed E-state index contributed by atoms with van der Waals surface area (Å²) in [5.74, 6) is -3.19. The molecule has 0 bridgehead atoms. The van der Waals surface area contributed by atoms with Gasteiger partial charge in [0.25, 0.3) is 0 Å². The lowest BCUT2D eigenvalue weighted by Gasteiger charge is -2.30. The third kappa shape index (κ3) is 4.64. The van der Waals surface area contributed by atoms with Crippen LogP contribution >= 0.6 is 46.3 Å². The van der Waals surface area contributed by atoms with Gasteiger partial charge in [-0.1, -0.05) is 76.6 Å². The van der Waals surface area contributed by atoms with Crippen LogP contribution in [0.1, 0.15) is 16.4 Å². The lowest BCUT2D eigenvalue weighted by atomic mass is 9.83. The van der Waals surface area contributed by atoms with Crippen molar-refractivity contribution >= 4 is 75.4 Å². The van der Waals surface area contributed by atoms with Gasteiger partial charge in [-0.25, -0.2) is 9.29 Å². The number of hydrogen-bond acceptors (Lipinski definition) is 6. The fraction of sp³-hybridized carbons (Fsp3) is 0.143. The number of aromatic nitrogens is 1. The van der Waals surface area contributed by atoms with Crippen molar-refractivity contribution in [2.75, 3.05) is 10.2 Å². The summed E-state index contributed by atoms with van der Waals surface area (Å²) in [6.45, 7) is -0.305. The molecule has 0 aliphatic carbocycles. The number of hydrogen-bond donors (Lipinski definition) is 1. The van der Waals surface area contributed by atoms with Crippen LogP contribution in [0.4, 0.5) is 15.8 Å². The smallest absolute Gasteiger partial charge is 0.308 e. The van der Waals surface area contributed by atoms with E-state index in [-0.39, 0.29) is 22.1 Å². The van der Waals surface area contributed by atoms with Crippen LogP contribution in [-0.4, -0.2) is 27.5 Å². The van der Waals surface area contributed by atoms with Crippen molar-refractivity contribution in [2.24, 2.45) is 5.92 Å². The Labute approximate surface area is 245 Å². The number of rotatable bonds is 5. The van der Waals surface area contributed by atoms with Gasteiger partial charge in [0.2, 0.25) is 17.7 Å². The molecule has 0 spiro atoms. The Bertz CT molecular complexity index is 1730. The summed E-state index contributed by atoms with van der Waals surface area (Å²) in [4.78, 5) is 55.0. The molecule has 2 aliphatic heterocycles. The normalized spacial score (nSPS) is 19.9. The molecule has 1 fully saturated rings. The van der Waals surface area contributed by atoms with E-state index in [1.807, 2.05) is 30.3 Å². The summed E-state index contributed by atoms with van der Waals surface area (Å²) >= 11 is 14.1. The van der Waals surface area contributed by atoms with Gasteiger partial charge in [0.05, 0.1) is 26.7 Å². The first-order valence-electron chi connectivity index (χ1n) is 12.1. The quantitative estimate of drug-likeness (QED) is 0.288. The molecule has 7 nitrogen and oxygen atoms in total. The summed E-state index contributed by atoms with van der Waals surface area (Å²) in [5.41, 5.74) is 1.47. The minimum atomic E-state index is -0.839. The minimum Gasteiger partial charge on any atom is -0.324 e.